The minimum absolute atomic E-state index is 0.166. The molecule has 1 spiro atoms. The van der Waals surface area contributed by atoms with Gasteiger partial charge in [0.05, 0.1) is 22.7 Å². The third-order valence-electron chi connectivity index (χ3n) is 8.07. The minimum atomic E-state index is -0.993. The molecule has 1 saturated carbocycles. The number of halogens is 1. The Morgan fingerprint density at radius 2 is 1.76 bits per heavy atom. The van der Waals surface area contributed by atoms with Crippen molar-refractivity contribution in [2.45, 2.75) is 24.7 Å². The van der Waals surface area contributed by atoms with Gasteiger partial charge in [0.15, 0.2) is 0 Å². The van der Waals surface area contributed by atoms with Crippen molar-refractivity contribution in [3.8, 4) is 22.3 Å². The van der Waals surface area contributed by atoms with Crippen LogP contribution in [0.25, 0.3) is 33.2 Å². The Morgan fingerprint density at radius 3 is 2.55 bits per heavy atom. The van der Waals surface area contributed by atoms with Crippen molar-refractivity contribution in [2.75, 3.05) is 5.32 Å². The monoisotopic (exact) mass is 503 g/mol. The van der Waals surface area contributed by atoms with E-state index in [-0.39, 0.29) is 17.4 Å². The predicted molar refractivity (Wildman–Crippen MR) is 143 cm³/mol. The number of aromatic carboxylic acids is 1. The summed E-state index contributed by atoms with van der Waals surface area (Å²) < 4.78 is 15.3. The van der Waals surface area contributed by atoms with Crippen LogP contribution in [0.2, 0.25) is 0 Å². The molecule has 0 saturated heterocycles. The van der Waals surface area contributed by atoms with Gasteiger partial charge in [-0.15, -0.1) is 0 Å². The highest BCUT2D eigenvalue weighted by molar-refractivity contribution is 6.10. The Balaban J connectivity index is 1.25. The number of hydrogen-bond acceptors (Lipinski definition) is 3. The van der Waals surface area contributed by atoms with Gasteiger partial charge in [0.2, 0.25) is 5.91 Å². The summed E-state index contributed by atoms with van der Waals surface area (Å²) in [6.07, 6.45) is 2.33. The lowest BCUT2D eigenvalue weighted by atomic mass is 9.88. The molecule has 2 aliphatic rings. The van der Waals surface area contributed by atoms with Crippen LogP contribution in [0.4, 0.5) is 10.1 Å². The molecule has 0 radical (unpaired) electrons. The van der Waals surface area contributed by atoms with Crippen LogP contribution in [0.3, 0.4) is 0 Å². The number of aromatic amines is 1. The van der Waals surface area contributed by atoms with E-state index in [1.807, 2.05) is 42.5 Å². The van der Waals surface area contributed by atoms with Crippen molar-refractivity contribution in [1.29, 1.82) is 0 Å². The van der Waals surface area contributed by atoms with Gasteiger partial charge in [-0.2, -0.15) is 5.10 Å². The van der Waals surface area contributed by atoms with Crippen LogP contribution in [0.15, 0.2) is 79.0 Å². The van der Waals surface area contributed by atoms with Crippen LogP contribution in [-0.2, 0) is 10.2 Å². The van der Waals surface area contributed by atoms with Gasteiger partial charge in [0.1, 0.15) is 5.82 Å². The first-order chi connectivity index (χ1) is 18.3. The minimum Gasteiger partial charge on any atom is -0.478 e. The fourth-order valence-electron chi connectivity index (χ4n) is 5.89. The molecule has 2 unspecified atom stereocenters. The standard InChI is InChI=1S/C31H22FN3O3/c1-16-2-3-20(11-22(16)29(36)37)25-14-31(25)24-12-23(26(32)13-28(24)34-30(31)38)18-6-4-17(5-7-18)19-8-9-27-21(10-19)15-33-35-27/h2-13,15,25H,14H2,1H3,(H,33,35)(H,34,38)(H,36,37). The molecule has 1 aliphatic heterocycles. The number of hydrogen-bond donors (Lipinski definition) is 3. The maximum Gasteiger partial charge on any atom is 0.335 e. The second kappa shape index (κ2) is 7.86. The Kier molecular flexibility index (Phi) is 4.64. The first-order valence-corrected chi connectivity index (χ1v) is 12.4. The van der Waals surface area contributed by atoms with Gasteiger partial charge in [0.25, 0.3) is 0 Å². The number of H-pyrrole nitrogens is 1. The third kappa shape index (κ3) is 3.21. The number of benzene rings is 4. The summed E-state index contributed by atoms with van der Waals surface area (Å²) >= 11 is 0. The molecule has 0 bridgehead atoms. The van der Waals surface area contributed by atoms with E-state index in [9.17, 15) is 14.7 Å². The summed E-state index contributed by atoms with van der Waals surface area (Å²) in [6, 6.07) is 22.2. The van der Waals surface area contributed by atoms with Gasteiger partial charge in [-0.05, 0) is 77.1 Å². The molecule has 6 nitrogen and oxygen atoms in total. The van der Waals surface area contributed by atoms with Gasteiger partial charge < -0.3 is 10.4 Å². The van der Waals surface area contributed by atoms with Crippen molar-refractivity contribution in [2.24, 2.45) is 0 Å². The Labute approximate surface area is 217 Å². The highest BCUT2D eigenvalue weighted by Gasteiger charge is 2.65. The van der Waals surface area contributed by atoms with E-state index in [2.05, 4.69) is 21.6 Å². The van der Waals surface area contributed by atoms with E-state index < -0.39 is 17.2 Å². The molecule has 2 heterocycles. The van der Waals surface area contributed by atoms with Crippen LogP contribution < -0.4 is 5.32 Å². The summed E-state index contributed by atoms with van der Waals surface area (Å²) in [6.45, 7) is 1.75. The van der Waals surface area contributed by atoms with E-state index in [0.29, 0.717) is 28.8 Å². The quantitative estimate of drug-likeness (QED) is 0.264. The highest BCUT2D eigenvalue weighted by atomic mass is 19.1. The first-order valence-electron chi connectivity index (χ1n) is 12.4. The number of anilines is 1. The Hall–Kier alpha value is -4.78. The lowest BCUT2D eigenvalue weighted by Gasteiger charge is -2.13. The molecule has 3 N–H and O–H groups in total. The number of carbonyl (C=O) groups is 2. The number of aromatic nitrogens is 2. The molecular formula is C31H22FN3O3. The van der Waals surface area contributed by atoms with Crippen LogP contribution >= 0.6 is 0 Å². The zero-order valence-electron chi connectivity index (χ0n) is 20.4. The molecule has 5 aromatic rings. The molecule has 186 valence electrons. The summed E-state index contributed by atoms with van der Waals surface area (Å²) in [4.78, 5) is 24.8. The number of amides is 1. The Morgan fingerprint density at radius 1 is 1.00 bits per heavy atom. The summed E-state index contributed by atoms with van der Waals surface area (Å²) in [5.41, 5.74) is 6.28. The van der Waals surface area contributed by atoms with Gasteiger partial charge in [-0.1, -0.05) is 42.5 Å². The average Bonchev–Trinajstić information content (AvgIpc) is 3.38. The largest absolute Gasteiger partial charge is 0.478 e. The number of carboxylic acid groups (broad SMARTS) is 1. The molecule has 4 aromatic carbocycles. The van der Waals surface area contributed by atoms with Crippen LogP contribution in [-0.4, -0.2) is 27.2 Å². The normalized spacial score (nSPS) is 19.5. The van der Waals surface area contributed by atoms with E-state index in [0.717, 1.165) is 33.2 Å². The van der Waals surface area contributed by atoms with Crippen molar-refractivity contribution in [3.63, 3.8) is 0 Å². The predicted octanol–water partition coefficient (Wildman–Crippen LogP) is 6.42. The number of nitrogens with zero attached hydrogens (tertiary/aromatic N) is 1. The summed E-state index contributed by atoms with van der Waals surface area (Å²) in [5.74, 6) is -1.74. The van der Waals surface area contributed by atoms with Crippen LogP contribution in [0, 0.1) is 12.7 Å². The van der Waals surface area contributed by atoms with Gasteiger partial charge >= 0.3 is 5.97 Å². The van der Waals surface area contributed by atoms with Gasteiger partial charge in [-0.25, -0.2) is 9.18 Å². The van der Waals surface area contributed by atoms with E-state index >= 15 is 4.39 Å². The molecule has 38 heavy (non-hydrogen) atoms. The topological polar surface area (TPSA) is 95.1 Å². The number of rotatable bonds is 4. The highest BCUT2D eigenvalue weighted by Crippen LogP contribution is 2.65. The molecule has 1 aliphatic carbocycles. The summed E-state index contributed by atoms with van der Waals surface area (Å²) in [5, 5.41) is 20.4. The number of fused-ring (bicyclic) bond motifs is 3. The molecule has 7 rings (SSSR count). The lowest BCUT2D eigenvalue weighted by Crippen LogP contribution is -2.21. The first kappa shape index (κ1) is 22.4. The number of aryl methyl sites for hydroxylation is 1. The van der Waals surface area contributed by atoms with E-state index in [1.54, 1.807) is 31.3 Å². The lowest BCUT2D eigenvalue weighted by molar-refractivity contribution is -0.118. The van der Waals surface area contributed by atoms with Crippen molar-refractivity contribution in [1.82, 2.24) is 10.2 Å². The maximum atomic E-state index is 15.3. The SMILES string of the molecule is Cc1ccc(C2CC23C(=O)Nc2cc(F)c(-c4ccc(-c5ccc6[nH]ncc6c5)cc4)cc23)cc1C(=O)O. The van der Waals surface area contributed by atoms with E-state index in [1.165, 1.54) is 6.07 Å². The fraction of sp³-hybridized carbons (Fsp3) is 0.129. The van der Waals surface area contributed by atoms with Gasteiger partial charge in [0, 0.05) is 22.6 Å². The molecule has 2 atom stereocenters. The van der Waals surface area contributed by atoms with E-state index in [4.69, 9.17) is 0 Å². The van der Waals surface area contributed by atoms with Crippen LogP contribution in [0.1, 0.15) is 39.4 Å². The molecular weight excluding hydrogens is 481 g/mol. The molecule has 1 amide bonds. The molecule has 1 fully saturated rings. The maximum absolute atomic E-state index is 15.3. The number of carbonyl (C=O) groups excluding carboxylic acids is 1. The second-order valence-corrected chi connectivity index (χ2v) is 10.2. The van der Waals surface area contributed by atoms with Crippen molar-refractivity contribution in [3.05, 3.63) is 107 Å². The second-order valence-electron chi connectivity index (χ2n) is 10.2. The summed E-state index contributed by atoms with van der Waals surface area (Å²) in [7, 11) is 0. The number of carboxylic acids is 1. The Bertz CT molecular complexity index is 1810. The zero-order valence-corrected chi connectivity index (χ0v) is 20.4. The van der Waals surface area contributed by atoms with Crippen molar-refractivity contribution >= 4 is 28.5 Å². The average molecular weight is 504 g/mol. The molecule has 1 aromatic heterocycles. The third-order valence-corrected chi connectivity index (χ3v) is 8.07. The van der Waals surface area contributed by atoms with Crippen LogP contribution in [0.5, 0.6) is 0 Å². The molecule has 7 heteroatoms. The van der Waals surface area contributed by atoms with Crippen molar-refractivity contribution < 1.29 is 19.1 Å². The van der Waals surface area contributed by atoms with Gasteiger partial charge in [-0.3, -0.25) is 9.89 Å². The smallest absolute Gasteiger partial charge is 0.335 e. The fourth-order valence-corrected chi connectivity index (χ4v) is 5.89. The number of nitrogens with one attached hydrogen (secondary N) is 2. The zero-order chi connectivity index (χ0) is 26.2.